The van der Waals surface area contributed by atoms with Crippen LogP contribution in [0.15, 0.2) is 18.5 Å². The molecule has 1 atom stereocenters. The monoisotopic (exact) mass is 218 g/mol. The van der Waals surface area contributed by atoms with E-state index in [0.29, 0.717) is 5.92 Å². The first-order valence-electron chi connectivity index (χ1n) is 6.34. The summed E-state index contributed by atoms with van der Waals surface area (Å²) in [4.78, 5) is 4.13. The minimum atomic E-state index is 0.204. The molecule has 0 aromatic carbocycles. The van der Waals surface area contributed by atoms with Gasteiger partial charge in [-0.2, -0.15) is 0 Å². The van der Waals surface area contributed by atoms with Crippen molar-refractivity contribution in [2.45, 2.75) is 45.6 Å². The third-order valence-corrected chi connectivity index (χ3v) is 3.99. The zero-order valence-corrected chi connectivity index (χ0v) is 10.3. The van der Waals surface area contributed by atoms with E-state index >= 15 is 0 Å². The number of rotatable bonds is 2. The van der Waals surface area contributed by atoms with E-state index in [1.807, 2.05) is 12.4 Å². The standard InChI is InChI=1S/C14H22N2/c1-10-3-5-12(6-4-10)14(15)13-7-8-16-9-11(13)2/h7-10,12,14H,3-6,15H2,1-2H3. The van der Waals surface area contributed by atoms with Crippen LogP contribution in [0.1, 0.15) is 49.8 Å². The Morgan fingerprint density at radius 2 is 2.00 bits per heavy atom. The predicted molar refractivity (Wildman–Crippen MR) is 67.0 cm³/mol. The number of aromatic nitrogens is 1. The van der Waals surface area contributed by atoms with Crippen molar-refractivity contribution >= 4 is 0 Å². The van der Waals surface area contributed by atoms with Gasteiger partial charge >= 0.3 is 0 Å². The average Bonchev–Trinajstić information content (AvgIpc) is 2.30. The van der Waals surface area contributed by atoms with E-state index in [1.165, 1.54) is 36.8 Å². The Morgan fingerprint density at radius 1 is 1.31 bits per heavy atom. The highest BCUT2D eigenvalue weighted by atomic mass is 14.7. The minimum Gasteiger partial charge on any atom is -0.324 e. The van der Waals surface area contributed by atoms with E-state index in [-0.39, 0.29) is 6.04 Å². The lowest BCUT2D eigenvalue weighted by atomic mass is 9.77. The van der Waals surface area contributed by atoms with Gasteiger partial charge in [-0.05, 0) is 48.8 Å². The van der Waals surface area contributed by atoms with Gasteiger partial charge in [0.25, 0.3) is 0 Å². The van der Waals surface area contributed by atoms with Crippen LogP contribution in [0, 0.1) is 18.8 Å². The molecule has 2 nitrogen and oxygen atoms in total. The summed E-state index contributed by atoms with van der Waals surface area (Å²) in [6, 6.07) is 2.29. The van der Waals surface area contributed by atoms with Gasteiger partial charge < -0.3 is 5.73 Å². The molecule has 16 heavy (non-hydrogen) atoms. The third-order valence-electron chi connectivity index (χ3n) is 3.99. The van der Waals surface area contributed by atoms with Gasteiger partial charge in [0, 0.05) is 18.4 Å². The van der Waals surface area contributed by atoms with Crippen molar-refractivity contribution in [2.24, 2.45) is 17.6 Å². The summed E-state index contributed by atoms with van der Waals surface area (Å²) in [5.41, 5.74) is 8.91. The Labute approximate surface area is 98.3 Å². The molecule has 1 saturated carbocycles. The predicted octanol–water partition coefficient (Wildman–Crippen LogP) is 3.22. The molecule has 0 aliphatic heterocycles. The van der Waals surface area contributed by atoms with Crippen molar-refractivity contribution in [3.63, 3.8) is 0 Å². The van der Waals surface area contributed by atoms with E-state index in [0.717, 1.165) is 5.92 Å². The number of nitrogens with two attached hydrogens (primary N) is 1. The average molecular weight is 218 g/mol. The summed E-state index contributed by atoms with van der Waals surface area (Å²) in [5, 5.41) is 0. The molecule has 1 heterocycles. The maximum absolute atomic E-state index is 6.39. The second-order valence-electron chi connectivity index (χ2n) is 5.28. The molecule has 0 radical (unpaired) electrons. The first-order chi connectivity index (χ1) is 7.68. The van der Waals surface area contributed by atoms with Crippen LogP contribution in [0.4, 0.5) is 0 Å². The van der Waals surface area contributed by atoms with Crippen molar-refractivity contribution in [3.05, 3.63) is 29.6 Å². The maximum atomic E-state index is 6.39. The maximum Gasteiger partial charge on any atom is 0.0327 e. The summed E-state index contributed by atoms with van der Waals surface area (Å²) >= 11 is 0. The molecule has 1 aliphatic carbocycles. The fourth-order valence-corrected chi connectivity index (χ4v) is 2.76. The second-order valence-corrected chi connectivity index (χ2v) is 5.28. The molecular formula is C14H22N2. The molecule has 1 unspecified atom stereocenters. The zero-order valence-electron chi connectivity index (χ0n) is 10.3. The van der Waals surface area contributed by atoms with Crippen LogP contribution < -0.4 is 5.73 Å². The number of pyridine rings is 1. The minimum absolute atomic E-state index is 0.204. The van der Waals surface area contributed by atoms with Gasteiger partial charge in [-0.1, -0.05) is 19.8 Å². The van der Waals surface area contributed by atoms with Crippen molar-refractivity contribution < 1.29 is 0 Å². The molecule has 0 saturated heterocycles. The lowest BCUT2D eigenvalue weighted by molar-refractivity contribution is 0.255. The normalized spacial score (nSPS) is 27.7. The topological polar surface area (TPSA) is 38.9 Å². The highest BCUT2D eigenvalue weighted by Gasteiger charge is 2.25. The molecule has 2 rings (SSSR count). The first-order valence-corrected chi connectivity index (χ1v) is 6.34. The van der Waals surface area contributed by atoms with E-state index in [9.17, 15) is 0 Å². The van der Waals surface area contributed by atoms with Gasteiger partial charge in [0.15, 0.2) is 0 Å². The Hall–Kier alpha value is -0.890. The number of nitrogens with zero attached hydrogens (tertiary/aromatic N) is 1. The number of aryl methyl sites for hydroxylation is 1. The fraction of sp³-hybridized carbons (Fsp3) is 0.643. The summed E-state index contributed by atoms with van der Waals surface area (Å²) in [6.45, 7) is 4.45. The van der Waals surface area contributed by atoms with Crippen molar-refractivity contribution in [3.8, 4) is 0 Å². The third kappa shape index (κ3) is 2.43. The molecule has 0 amide bonds. The Kier molecular flexibility index (Phi) is 3.59. The number of hydrogen-bond acceptors (Lipinski definition) is 2. The first kappa shape index (κ1) is 11.6. The molecule has 88 valence electrons. The van der Waals surface area contributed by atoms with E-state index in [2.05, 4.69) is 24.9 Å². The zero-order chi connectivity index (χ0) is 11.5. The van der Waals surface area contributed by atoms with Gasteiger partial charge in [0.1, 0.15) is 0 Å². The van der Waals surface area contributed by atoms with Gasteiger partial charge in [-0.25, -0.2) is 0 Å². The fourth-order valence-electron chi connectivity index (χ4n) is 2.76. The molecule has 0 spiro atoms. The van der Waals surface area contributed by atoms with Gasteiger partial charge in [-0.3, -0.25) is 4.98 Å². The second kappa shape index (κ2) is 4.96. The van der Waals surface area contributed by atoms with Gasteiger partial charge in [0.05, 0.1) is 0 Å². The highest BCUT2D eigenvalue weighted by molar-refractivity contribution is 5.25. The molecule has 1 aromatic rings. The molecule has 1 fully saturated rings. The summed E-state index contributed by atoms with van der Waals surface area (Å²) in [6.07, 6.45) is 9.01. The van der Waals surface area contributed by atoms with Crippen molar-refractivity contribution in [1.82, 2.24) is 4.98 Å². The molecular weight excluding hydrogens is 196 g/mol. The van der Waals surface area contributed by atoms with Crippen LogP contribution in [0.3, 0.4) is 0 Å². The van der Waals surface area contributed by atoms with Crippen LogP contribution in [0.25, 0.3) is 0 Å². The lowest BCUT2D eigenvalue weighted by Gasteiger charge is -2.31. The van der Waals surface area contributed by atoms with Crippen LogP contribution >= 0.6 is 0 Å². The molecule has 0 bridgehead atoms. The Morgan fingerprint density at radius 3 is 2.62 bits per heavy atom. The smallest absolute Gasteiger partial charge is 0.0327 e. The molecule has 2 heteroatoms. The number of hydrogen-bond donors (Lipinski definition) is 1. The lowest BCUT2D eigenvalue weighted by Crippen LogP contribution is -2.26. The SMILES string of the molecule is Cc1cnccc1C(N)C1CCC(C)CC1. The van der Waals surface area contributed by atoms with Crippen LogP contribution in [0.5, 0.6) is 0 Å². The summed E-state index contributed by atoms with van der Waals surface area (Å²) in [5.74, 6) is 1.55. The Bertz CT molecular complexity index is 340. The quantitative estimate of drug-likeness (QED) is 0.827. The molecule has 1 aromatic heterocycles. The van der Waals surface area contributed by atoms with Crippen LogP contribution in [0.2, 0.25) is 0 Å². The summed E-state index contributed by atoms with van der Waals surface area (Å²) in [7, 11) is 0. The molecule has 1 aliphatic rings. The van der Waals surface area contributed by atoms with Crippen LogP contribution in [-0.2, 0) is 0 Å². The van der Waals surface area contributed by atoms with E-state index in [4.69, 9.17) is 5.73 Å². The highest BCUT2D eigenvalue weighted by Crippen LogP contribution is 2.35. The van der Waals surface area contributed by atoms with Gasteiger partial charge in [0.2, 0.25) is 0 Å². The van der Waals surface area contributed by atoms with Crippen LogP contribution in [-0.4, -0.2) is 4.98 Å². The van der Waals surface area contributed by atoms with E-state index < -0.39 is 0 Å². The van der Waals surface area contributed by atoms with Crippen molar-refractivity contribution in [2.75, 3.05) is 0 Å². The largest absolute Gasteiger partial charge is 0.324 e. The van der Waals surface area contributed by atoms with Crippen molar-refractivity contribution in [1.29, 1.82) is 0 Å². The Balaban J connectivity index is 2.07. The molecule has 2 N–H and O–H groups in total. The summed E-state index contributed by atoms with van der Waals surface area (Å²) < 4.78 is 0. The van der Waals surface area contributed by atoms with E-state index in [1.54, 1.807) is 0 Å². The van der Waals surface area contributed by atoms with Gasteiger partial charge in [-0.15, -0.1) is 0 Å².